The van der Waals surface area contributed by atoms with Gasteiger partial charge in [-0.3, -0.25) is 4.79 Å². The van der Waals surface area contributed by atoms with E-state index in [9.17, 15) is 9.90 Å². The molecule has 2 rings (SSSR count). The van der Waals surface area contributed by atoms with Gasteiger partial charge in [-0.1, -0.05) is 35.5 Å². The molecule has 1 amide bonds. The second-order valence-electron chi connectivity index (χ2n) is 5.45. The molecule has 2 aromatic rings. The molecule has 5 heteroatoms. The number of aryl methyl sites for hydroxylation is 2. The van der Waals surface area contributed by atoms with Gasteiger partial charge in [0.05, 0.1) is 11.8 Å². The number of rotatable bonds is 7. The number of amides is 1. The van der Waals surface area contributed by atoms with Crippen molar-refractivity contribution in [2.45, 2.75) is 39.2 Å². The molecule has 0 saturated carbocycles. The van der Waals surface area contributed by atoms with Crippen LogP contribution in [0.5, 0.6) is 0 Å². The largest absolute Gasteiger partial charge is 0.391 e. The number of benzene rings is 1. The van der Waals surface area contributed by atoms with Gasteiger partial charge in [0.2, 0.25) is 5.91 Å². The minimum atomic E-state index is -0.578. The number of carbonyl (C=O) groups excluding carboxylic acids is 1. The Hall–Kier alpha value is -2.14. The van der Waals surface area contributed by atoms with E-state index in [-0.39, 0.29) is 12.5 Å². The zero-order valence-corrected chi connectivity index (χ0v) is 13.0. The van der Waals surface area contributed by atoms with Gasteiger partial charge in [0.25, 0.3) is 0 Å². The first-order chi connectivity index (χ1) is 10.6. The summed E-state index contributed by atoms with van der Waals surface area (Å²) in [5, 5.41) is 16.6. The van der Waals surface area contributed by atoms with Gasteiger partial charge < -0.3 is 14.9 Å². The summed E-state index contributed by atoms with van der Waals surface area (Å²) in [6.45, 7) is 3.97. The molecule has 1 aromatic carbocycles. The molecule has 0 aliphatic carbocycles. The summed E-state index contributed by atoms with van der Waals surface area (Å²) < 4.78 is 5.07. The lowest BCUT2D eigenvalue weighted by Gasteiger charge is -2.12. The van der Waals surface area contributed by atoms with Crippen molar-refractivity contribution in [2.75, 3.05) is 6.54 Å². The van der Waals surface area contributed by atoms with Crippen LogP contribution < -0.4 is 5.32 Å². The third kappa shape index (κ3) is 4.70. The van der Waals surface area contributed by atoms with E-state index in [1.807, 2.05) is 44.2 Å². The first-order valence-corrected chi connectivity index (χ1v) is 7.46. The SMILES string of the molecule is Cc1noc(C)c1CCC(=O)NCC(O)Cc1ccccc1. The summed E-state index contributed by atoms with van der Waals surface area (Å²) in [6.07, 6.45) is 0.915. The monoisotopic (exact) mass is 302 g/mol. The molecular formula is C17H22N2O3. The van der Waals surface area contributed by atoms with Crippen LogP contribution in [0.1, 0.15) is 29.0 Å². The number of carbonyl (C=O) groups is 1. The third-order valence-electron chi connectivity index (χ3n) is 3.63. The minimum Gasteiger partial charge on any atom is -0.391 e. The Morgan fingerprint density at radius 2 is 2.05 bits per heavy atom. The van der Waals surface area contributed by atoms with Gasteiger partial charge in [0, 0.05) is 24.9 Å². The molecule has 118 valence electrons. The van der Waals surface area contributed by atoms with Gasteiger partial charge in [-0.2, -0.15) is 0 Å². The van der Waals surface area contributed by atoms with E-state index in [0.717, 1.165) is 22.6 Å². The van der Waals surface area contributed by atoms with Crippen molar-refractivity contribution >= 4 is 5.91 Å². The normalized spacial score (nSPS) is 12.1. The van der Waals surface area contributed by atoms with E-state index in [1.165, 1.54) is 0 Å². The predicted octanol–water partition coefficient (Wildman–Crippen LogP) is 1.94. The number of aliphatic hydroxyl groups excluding tert-OH is 1. The number of hydrogen-bond acceptors (Lipinski definition) is 4. The Balaban J connectivity index is 1.71. The van der Waals surface area contributed by atoms with Gasteiger partial charge in [0.15, 0.2) is 0 Å². The standard InChI is InChI=1S/C17H22N2O3/c1-12-16(13(2)22-19-12)8-9-17(21)18-11-15(20)10-14-6-4-3-5-7-14/h3-7,15,20H,8-11H2,1-2H3,(H,18,21). The maximum absolute atomic E-state index is 11.8. The number of nitrogens with zero attached hydrogens (tertiary/aromatic N) is 1. The molecule has 0 aliphatic rings. The Labute approximate surface area is 130 Å². The van der Waals surface area contributed by atoms with Crippen LogP contribution in [0.3, 0.4) is 0 Å². The van der Waals surface area contributed by atoms with Crippen molar-refractivity contribution in [1.29, 1.82) is 0 Å². The van der Waals surface area contributed by atoms with E-state index in [2.05, 4.69) is 10.5 Å². The van der Waals surface area contributed by atoms with Crippen LogP contribution in [0, 0.1) is 13.8 Å². The molecule has 0 spiro atoms. The highest BCUT2D eigenvalue weighted by atomic mass is 16.5. The summed E-state index contributed by atoms with van der Waals surface area (Å²) in [4.78, 5) is 11.8. The molecule has 0 fully saturated rings. The Morgan fingerprint density at radius 1 is 1.32 bits per heavy atom. The van der Waals surface area contributed by atoms with Gasteiger partial charge in [-0.25, -0.2) is 0 Å². The summed E-state index contributed by atoms with van der Waals surface area (Å²) in [6, 6.07) is 9.73. The van der Waals surface area contributed by atoms with Crippen molar-refractivity contribution < 1.29 is 14.4 Å². The van der Waals surface area contributed by atoms with E-state index >= 15 is 0 Å². The molecule has 1 unspecified atom stereocenters. The van der Waals surface area contributed by atoms with Gasteiger partial charge >= 0.3 is 0 Å². The average Bonchev–Trinajstić information content (AvgIpc) is 2.83. The van der Waals surface area contributed by atoms with Gasteiger partial charge in [0.1, 0.15) is 5.76 Å². The van der Waals surface area contributed by atoms with E-state index in [4.69, 9.17) is 4.52 Å². The second kappa shape index (κ2) is 7.75. The van der Waals surface area contributed by atoms with E-state index in [0.29, 0.717) is 19.3 Å². The predicted molar refractivity (Wildman–Crippen MR) is 83.5 cm³/mol. The quantitative estimate of drug-likeness (QED) is 0.819. The van der Waals surface area contributed by atoms with E-state index < -0.39 is 6.10 Å². The van der Waals surface area contributed by atoms with Crippen LogP contribution in [0.15, 0.2) is 34.9 Å². The van der Waals surface area contributed by atoms with Gasteiger partial charge in [-0.15, -0.1) is 0 Å². The summed E-state index contributed by atoms with van der Waals surface area (Å²) in [7, 11) is 0. The Kier molecular flexibility index (Phi) is 5.72. The third-order valence-corrected chi connectivity index (χ3v) is 3.63. The van der Waals surface area contributed by atoms with Gasteiger partial charge in [-0.05, 0) is 25.8 Å². The molecule has 1 aromatic heterocycles. The van der Waals surface area contributed by atoms with Crippen LogP contribution >= 0.6 is 0 Å². The minimum absolute atomic E-state index is 0.0767. The van der Waals surface area contributed by atoms with Crippen molar-refractivity contribution in [1.82, 2.24) is 10.5 Å². The Bertz CT molecular complexity index is 588. The maximum atomic E-state index is 11.8. The zero-order chi connectivity index (χ0) is 15.9. The van der Waals surface area contributed by atoms with Crippen molar-refractivity contribution in [2.24, 2.45) is 0 Å². The molecule has 1 heterocycles. The molecule has 0 aliphatic heterocycles. The molecule has 0 bridgehead atoms. The van der Waals surface area contributed by atoms with Crippen molar-refractivity contribution in [3.05, 3.63) is 52.9 Å². The summed E-state index contributed by atoms with van der Waals surface area (Å²) in [5.74, 6) is 0.682. The number of aliphatic hydroxyl groups is 1. The fourth-order valence-corrected chi connectivity index (χ4v) is 2.38. The summed E-state index contributed by atoms with van der Waals surface area (Å²) >= 11 is 0. The highest BCUT2D eigenvalue weighted by Crippen LogP contribution is 2.14. The molecule has 0 saturated heterocycles. The zero-order valence-electron chi connectivity index (χ0n) is 13.0. The van der Waals surface area contributed by atoms with Crippen LogP contribution in [0.25, 0.3) is 0 Å². The highest BCUT2D eigenvalue weighted by Gasteiger charge is 2.12. The van der Waals surface area contributed by atoms with Crippen LogP contribution in [-0.2, 0) is 17.6 Å². The molecule has 0 radical (unpaired) electrons. The molecule has 1 atom stereocenters. The lowest BCUT2D eigenvalue weighted by molar-refractivity contribution is -0.121. The first-order valence-electron chi connectivity index (χ1n) is 7.46. The fraction of sp³-hybridized carbons (Fsp3) is 0.412. The number of hydrogen-bond donors (Lipinski definition) is 2. The topological polar surface area (TPSA) is 75.4 Å². The van der Waals surface area contributed by atoms with E-state index in [1.54, 1.807) is 0 Å². The molecular weight excluding hydrogens is 280 g/mol. The van der Waals surface area contributed by atoms with Crippen molar-refractivity contribution in [3.8, 4) is 0 Å². The first kappa shape index (κ1) is 16.2. The molecule has 22 heavy (non-hydrogen) atoms. The molecule has 5 nitrogen and oxygen atoms in total. The van der Waals surface area contributed by atoms with Crippen LogP contribution in [0.4, 0.5) is 0 Å². The maximum Gasteiger partial charge on any atom is 0.220 e. The summed E-state index contributed by atoms with van der Waals surface area (Å²) in [5.41, 5.74) is 2.87. The average molecular weight is 302 g/mol. The lowest BCUT2D eigenvalue weighted by atomic mass is 10.1. The molecule has 2 N–H and O–H groups in total. The van der Waals surface area contributed by atoms with Crippen LogP contribution in [-0.4, -0.2) is 28.8 Å². The Morgan fingerprint density at radius 3 is 2.68 bits per heavy atom. The smallest absolute Gasteiger partial charge is 0.220 e. The second-order valence-corrected chi connectivity index (χ2v) is 5.45. The van der Waals surface area contributed by atoms with Crippen molar-refractivity contribution in [3.63, 3.8) is 0 Å². The number of nitrogens with one attached hydrogen (secondary N) is 1. The highest BCUT2D eigenvalue weighted by molar-refractivity contribution is 5.76. The number of aromatic nitrogens is 1. The fourth-order valence-electron chi connectivity index (χ4n) is 2.38. The van der Waals surface area contributed by atoms with Crippen LogP contribution in [0.2, 0.25) is 0 Å². The lowest BCUT2D eigenvalue weighted by Crippen LogP contribution is -2.33.